The molecule has 1 amide bonds. The van der Waals surface area contributed by atoms with Crippen molar-refractivity contribution in [2.75, 3.05) is 7.05 Å². The van der Waals surface area contributed by atoms with Crippen LogP contribution in [0.1, 0.15) is 5.76 Å². The maximum Gasteiger partial charge on any atom is 0.273 e. The fourth-order valence-corrected chi connectivity index (χ4v) is 4.33. The monoisotopic (exact) mass is 472 g/mol. The lowest BCUT2D eigenvalue weighted by atomic mass is 10.1. The number of benzene rings is 2. The maximum absolute atomic E-state index is 13.3. The molecule has 2 aromatic heterocycles. The highest BCUT2D eigenvalue weighted by atomic mass is 32.1. The molecule has 0 saturated heterocycles. The largest absolute Gasteiger partial charge is 0.457 e. The van der Waals surface area contributed by atoms with Crippen molar-refractivity contribution in [3.63, 3.8) is 0 Å². The Morgan fingerprint density at radius 1 is 1.15 bits per heavy atom. The van der Waals surface area contributed by atoms with Crippen molar-refractivity contribution >= 4 is 34.6 Å². The molecule has 0 aliphatic carbocycles. The molecular weight excluding hydrogens is 456 g/mol. The minimum absolute atomic E-state index is 0.0321. The van der Waals surface area contributed by atoms with Gasteiger partial charge in [0.25, 0.3) is 17.2 Å². The zero-order valence-corrected chi connectivity index (χ0v) is 18.5. The summed E-state index contributed by atoms with van der Waals surface area (Å²) < 4.78 is 7.61. The number of carbonyl (C=O) groups is 1. The van der Waals surface area contributed by atoms with Crippen LogP contribution in [-0.4, -0.2) is 22.4 Å². The van der Waals surface area contributed by atoms with Crippen LogP contribution in [0.4, 0.5) is 5.69 Å². The Bertz CT molecular complexity index is 1610. The molecule has 34 heavy (non-hydrogen) atoms. The van der Waals surface area contributed by atoms with E-state index in [1.807, 2.05) is 6.07 Å². The molecule has 0 radical (unpaired) electrons. The minimum atomic E-state index is -0.599. The first-order valence-corrected chi connectivity index (χ1v) is 10.7. The van der Waals surface area contributed by atoms with Crippen molar-refractivity contribution < 1.29 is 14.1 Å². The summed E-state index contributed by atoms with van der Waals surface area (Å²) in [6, 6.07) is 19.9. The summed E-state index contributed by atoms with van der Waals surface area (Å²) in [5, 5.41) is 22.9. The quantitative estimate of drug-likeness (QED) is 0.350. The molecule has 2 heterocycles. The topological polar surface area (TPSA) is 131 Å². The lowest BCUT2D eigenvalue weighted by molar-refractivity contribution is -0.384. The number of furan rings is 1. The van der Waals surface area contributed by atoms with Crippen molar-refractivity contribution in [1.29, 1.82) is 5.26 Å². The van der Waals surface area contributed by atoms with E-state index in [1.54, 1.807) is 54.6 Å². The van der Waals surface area contributed by atoms with Crippen LogP contribution in [-0.2, 0) is 4.79 Å². The standard InChI is InChI=1S/C24H16N4O5S/c1-26-22(29)19(14-25)24-27(16-5-3-2-4-6-16)23(30)21(34-24)13-18-11-12-20(33-18)15-7-9-17(10-8-15)28(31)32/h2-13H,1H3,(H,26,29)/b21-13+,24-19-. The number of nitro groups is 1. The first-order chi connectivity index (χ1) is 16.4. The van der Waals surface area contributed by atoms with Crippen LogP contribution in [0.3, 0.4) is 0 Å². The Balaban J connectivity index is 1.87. The van der Waals surface area contributed by atoms with Gasteiger partial charge in [0.1, 0.15) is 22.3 Å². The minimum Gasteiger partial charge on any atom is -0.457 e. The van der Waals surface area contributed by atoms with Crippen molar-refractivity contribution in [2.45, 2.75) is 0 Å². The molecule has 10 heteroatoms. The Hall–Kier alpha value is -4.75. The normalized spacial score (nSPS) is 12.2. The Morgan fingerprint density at radius 2 is 1.85 bits per heavy atom. The summed E-state index contributed by atoms with van der Waals surface area (Å²) in [6.07, 6.45) is 1.53. The molecule has 4 rings (SSSR count). The molecular formula is C24H16N4O5S. The molecule has 0 fully saturated rings. The lowest BCUT2D eigenvalue weighted by Gasteiger charge is -2.02. The first-order valence-electron chi connectivity index (χ1n) is 9.93. The van der Waals surface area contributed by atoms with Crippen LogP contribution < -0.4 is 20.1 Å². The summed E-state index contributed by atoms with van der Waals surface area (Å²) in [4.78, 5) is 35.9. The molecule has 4 aromatic rings. The van der Waals surface area contributed by atoms with Gasteiger partial charge in [0.2, 0.25) is 0 Å². The number of non-ortho nitro benzene ring substituents is 1. The Morgan fingerprint density at radius 3 is 2.47 bits per heavy atom. The third-order valence-corrected chi connectivity index (χ3v) is 5.97. The van der Waals surface area contributed by atoms with Gasteiger partial charge in [-0.2, -0.15) is 5.26 Å². The van der Waals surface area contributed by atoms with E-state index in [0.717, 1.165) is 11.3 Å². The van der Waals surface area contributed by atoms with Gasteiger partial charge in [-0.15, -0.1) is 11.3 Å². The number of thiazole rings is 1. The lowest BCUT2D eigenvalue weighted by Crippen LogP contribution is -2.33. The van der Waals surface area contributed by atoms with Crippen LogP contribution in [0.5, 0.6) is 0 Å². The number of carbonyl (C=O) groups excluding carboxylic acids is 1. The van der Waals surface area contributed by atoms with Gasteiger partial charge >= 0.3 is 0 Å². The number of hydrogen-bond acceptors (Lipinski definition) is 7. The summed E-state index contributed by atoms with van der Waals surface area (Å²) in [5.74, 6) is 0.242. The van der Waals surface area contributed by atoms with Crippen LogP contribution in [0.2, 0.25) is 0 Å². The molecule has 0 bridgehead atoms. The number of nitro benzene ring substituents is 1. The summed E-state index contributed by atoms with van der Waals surface area (Å²) in [6.45, 7) is 0. The fourth-order valence-electron chi connectivity index (χ4n) is 3.24. The summed E-state index contributed by atoms with van der Waals surface area (Å²) in [5.41, 5.74) is 0.533. The van der Waals surface area contributed by atoms with Gasteiger partial charge in [0.05, 0.1) is 15.1 Å². The van der Waals surface area contributed by atoms with E-state index >= 15 is 0 Å². The predicted octanol–water partition coefficient (Wildman–Crippen LogP) is 2.32. The highest BCUT2D eigenvalue weighted by Gasteiger charge is 2.16. The van der Waals surface area contributed by atoms with Crippen LogP contribution in [0.25, 0.3) is 28.7 Å². The fraction of sp³-hybridized carbons (Fsp3) is 0.0417. The molecule has 1 N–H and O–H groups in total. The smallest absolute Gasteiger partial charge is 0.273 e. The summed E-state index contributed by atoms with van der Waals surface area (Å²) >= 11 is 1.00. The maximum atomic E-state index is 13.3. The van der Waals surface area contributed by atoms with Gasteiger partial charge in [0, 0.05) is 30.8 Å². The van der Waals surface area contributed by atoms with E-state index in [1.165, 1.54) is 29.8 Å². The molecule has 2 aromatic carbocycles. The van der Waals surface area contributed by atoms with Crippen LogP contribution >= 0.6 is 11.3 Å². The van der Waals surface area contributed by atoms with Gasteiger partial charge < -0.3 is 9.73 Å². The Kier molecular flexibility index (Phi) is 6.20. The van der Waals surface area contributed by atoms with Crippen molar-refractivity contribution in [3.8, 4) is 23.1 Å². The highest BCUT2D eigenvalue weighted by molar-refractivity contribution is 7.07. The van der Waals surface area contributed by atoms with Crippen LogP contribution in [0.15, 0.2) is 75.9 Å². The predicted molar refractivity (Wildman–Crippen MR) is 127 cm³/mol. The average molecular weight is 472 g/mol. The number of nitrogens with one attached hydrogen (secondary N) is 1. The summed E-state index contributed by atoms with van der Waals surface area (Å²) in [7, 11) is 1.41. The van der Waals surface area contributed by atoms with Gasteiger partial charge in [-0.05, 0) is 36.4 Å². The third kappa shape index (κ3) is 4.28. The molecule has 0 spiro atoms. The number of para-hydroxylation sites is 1. The van der Waals surface area contributed by atoms with E-state index in [9.17, 15) is 25.0 Å². The van der Waals surface area contributed by atoms with Gasteiger partial charge in [-0.25, -0.2) is 0 Å². The number of aromatic nitrogens is 1. The Labute approximate surface area is 196 Å². The van der Waals surface area contributed by atoms with E-state index in [4.69, 9.17) is 4.42 Å². The number of nitrogens with zero attached hydrogens (tertiary/aromatic N) is 3. The highest BCUT2D eigenvalue weighted by Crippen LogP contribution is 2.24. The number of rotatable bonds is 5. The van der Waals surface area contributed by atoms with E-state index < -0.39 is 16.4 Å². The zero-order chi connectivity index (χ0) is 24.2. The molecule has 0 atom stereocenters. The van der Waals surface area contributed by atoms with Crippen molar-refractivity contribution in [2.24, 2.45) is 0 Å². The number of hydrogen-bond donors (Lipinski definition) is 1. The van der Waals surface area contributed by atoms with Gasteiger partial charge in [0.15, 0.2) is 5.57 Å². The van der Waals surface area contributed by atoms with Gasteiger partial charge in [-0.3, -0.25) is 24.3 Å². The third-order valence-electron chi connectivity index (χ3n) is 4.88. The molecule has 0 saturated carbocycles. The van der Waals surface area contributed by atoms with E-state index in [2.05, 4.69) is 5.32 Å². The average Bonchev–Trinajstić information content (AvgIpc) is 3.45. The second-order valence-electron chi connectivity index (χ2n) is 6.96. The second kappa shape index (κ2) is 9.40. The number of nitriles is 1. The molecule has 0 unspecified atom stereocenters. The van der Waals surface area contributed by atoms with Crippen molar-refractivity contribution in [1.82, 2.24) is 9.88 Å². The molecule has 168 valence electrons. The SMILES string of the molecule is CNC(=O)/C(C#N)=c1\s/c(=C/c2ccc(-c3ccc([N+](=O)[O-])cc3)o2)c(=O)n1-c1ccccc1. The second-order valence-corrected chi connectivity index (χ2v) is 7.99. The first kappa shape index (κ1) is 22.4. The van der Waals surface area contributed by atoms with Crippen LogP contribution in [0, 0.1) is 21.4 Å². The van der Waals surface area contributed by atoms with Gasteiger partial charge in [-0.1, -0.05) is 18.2 Å². The van der Waals surface area contributed by atoms with E-state index in [0.29, 0.717) is 22.8 Å². The van der Waals surface area contributed by atoms with Crippen molar-refractivity contribution in [3.05, 3.63) is 102 Å². The molecule has 0 aliphatic rings. The zero-order valence-electron chi connectivity index (χ0n) is 17.7. The molecule has 9 nitrogen and oxygen atoms in total. The number of amides is 1. The molecule has 0 aliphatic heterocycles. The van der Waals surface area contributed by atoms with E-state index in [-0.39, 0.29) is 20.5 Å².